The Balaban J connectivity index is 1.58. The van der Waals surface area contributed by atoms with Gasteiger partial charge in [-0.1, -0.05) is 18.2 Å². The summed E-state index contributed by atoms with van der Waals surface area (Å²) >= 11 is 0. The zero-order valence-corrected chi connectivity index (χ0v) is 16.6. The molecule has 0 saturated heterocycles. The molecule has 3 rings (SSSR count). The molecule has 0 saturated carbocycles. The molecule has 3 aromatic rings. The molecule has 0 radical (unpaired) electrons. The van der Waals surface area contributed by atoms with E-state index in [0.717, 1.165) is 29.8 Å². The minimum Gasteiger partial charge on any atom is -0.370 e. The van der Waals surface area contributed by atoms with Gasteiger partial charge in [-0.2, -0.15) is 0 Å². The molecule has 0 bridgehead atoms. The van der Waals surface area contributed by atoms with Gasteiger partial charge >= 0.3 is 0 Å². The molecule has 0 aliphatic heterocycles. The van der Waals surface area contributed by atoms with Crippen molar-refractivity contribution in [3.8, 4) is 0 Å². The number of aryl methyl sites for hydroxylation is 1. The number of guanidine groups is 1. The molecule has 9 heteroatoms. The smallest absolute Gasteiger partial charge is 0.269 e. The number of hydrogen-bond donors (Lipinski definition) is 3. The Morgan fingerprint density at radius 1 is 1.30 bits per heavy atom. The first-order chi connectivity index (χ1) is 14.6. The second-order valence-corrected chi connectivity index (χ2v) is 6.82. The molecule has 0 fully saturated rings. The molecular weight excluding hydrogens is 382 g/mol. The Morgan fingerprint density at radius 3 is 2.93 bits per heavy atom. The van der Waals surface area contributed by atoms with Crippen molar-refractivity contribution >= 4 is 11.6 Å². The summed E-state index contributed by atoms with van der Waals surface area (Å²) in [5.74, 6) is 0.296. The van der Waals surface area contributed by atoms with Crippen LogP contribution in [0.3, 0.4) is 0 Å². The molecule has 30 heavy (non-hydrogen) atoms. The quantitative estimate of drug-likeness (QED) is 0.155. The number of H-pyrrole nitrogens is 1. The Morgan fingerprint density at radius 2 is 2.20 bits per heavy atom. The zero-order chi connectivity index (χ0) is 21.2. The summed E-state index contributed by atoms with van der Waals surface area (Å²) in [6, 6.07) is 12.4. The van der Waals surface area contributed by atoms with Gasteiger partial charge in [0, 0.05) is 54.9 Å². The highest BCUT2D eigenvalue weighted by atomic mass is 16.6. The van der Waals surface area contributed by atoms with E-state index in [4.69, 9.17) is 5.73 Å². The lowest BCUT2D eigenvalue weighted by atomic mass is 9.91. The molecule has 0 spiro atoms. The largest absolute Gasteiger partial charge is 0.370 e. The van der Waals surface area contributed by atoms with Crippen LogP contribution in [0.15, 0.2) is 66.2 Å². The van der Waals surface area contributed by atoms with Crippen LogP contribution in [0, 0.1) is 10.1 Å². The van der Waals surface area contributed by atoms with E-state index in [2.05, 4.69) is 25.3 Å². The maximum absolute atomic E-state index is 11.2. The predicted octanol–water partition coefficient (Wildman–Crippen LogP) is 2.77. The molecule has 1 atom stereocenters. The molecule has 1 aromatic carbocycles. The van der Waals surface area contributed by atoms with Crippen molar-refractivity contribution in [2.45, 2.75) is 25.2 Å². The number of imidazole rings is 1. The highest BCUT2D eigenvalue weighted by Crippen LogP contribution is 2.28. The van der Waals surface area contributed by atoms with Crippen LogP contribution in [0.2, 0.25) is 0 Å². The van der Waals surface area contributed by atoms with Crippen LogP contribution < -0.4 is 11.1 Å². The average Bonchev–Trinajstić information content (AvgIpc) is 3.28. The van der Waals surface area contributed by atoms with Crippen molar-refractivity contribution < 1.29 is 4.92 Å². The first-order valence-electron chi connectivity index (χ1n) is 9.80. The second kappa shape index (κ2) is 10.7. The third-order valence-electron chi connectivity index (χ3n) is 4.71. The lowest BCUT2D eigenvalue weighted by molar-refractivity contribution is -0.384. The second-order valence-electron chi connectivity index (χ2n) is 6.82. The van der Waals surface area contributed by atoms with Gasteiger partial charge in [0.25, 0.3) is 5.69 Å². The summed E-state index contributed by atoms with van der Waals surface area (Å²) in [5.41, 5.74) is 8.82. The molecular formula is C21H25N7O2. The van der Waals surface area contributed by atoms with Crippen molar-refractivity contribution in [3.63, 3.8) is 0 Å². The monoisotopic (exact) mass is 407 g/mol. The van der Waals surface area contributed by atoms with Crippen LogP contribution in [0.4, 0.5) is 5.69 Å². The number of pyridine rings is 1. The number of nitrogens with one attached hydrogen (secondary N) is 2. The van der Waals surface area contributed by atoms with Gasteiger partial charge in [0.15, 0.2) is 5.96 Å². The van der Waals surface area contributed by atoms with Crippen LogP contribution >= 0.6 is 0 Å². The van der Waals surface area contributed by atoms with E-state index in [0.29, 0.717) is 25.5 Å². The number of aromatic amines is 1. The van der Waals surface area contributed by atoms with Crippen LogP contribution in [0.5, 0.6) is 0 Å². The number of nitrogens with zero attached hydrogens (tertiary/aromatic N) is 4. The Hall–Kier alpha value is -3.75. The average molecular weight is 407 g/mol. The third kappa shape index (κ3) is 6.13. The van der Waals surface area contributed by atoms with Gasteiger partial charge in [-0.15, -0.1) is 0 Å². The van der Waals surface area contributed by atoms with Crippen molar-refractivity contribution in [2.75, 3.05) is 13.1 Å². The molecule has 0 aliphatic carbocycles. The fourth-order valence-corrected chi connectivity index (χ4v) is 3.21. The highest BCUT2D eigenvalue weighted by molar-refractivity contribution is 5.77. The summed E-state index contributed by atoms with van der Waals surface area (Å²) in [4.78, 5) is 26.6. The maximum Gasteiger partial charge on any atom is 0.269 e. The topological polar surface area (TPSA) is 135 Å². The molecule has 2 heterocycles. The predicted molar refractivity (Wildman–Crippen MR) is 115 cm³/mol. The number of aliphatic imine (C=N–C) groups is 1. The lowest BCUT2D eigenvalue weighted by Crippen LogP contribution is -2.33. The van der Waals surface area contributed by atoms with Gasteiger partial charge in [-0.05, 0) is 37.0 Å². The summed E-state index contributed by atoms with van der Waals surface area (Å²) in [6.07, 6.45) is 7.59. The SMILES string of the molecule is NC(=NCCCc1cnc[nH]1)NCCC(c1cccc([N+](=O)[O-])c1)c1ccccn1. The van der Waals surface area contributed by atoms with E-state index in [1.165, 1.54) is 6.07 Å². The van der Waals surface area contributed by atoms with Crippen molar-refractivity contribution in [2.24, 2.45) is 10.7 Å². The third-order valence-corrected chi connectivity index (χ3v) is 4.71. The van der Waals surface area contributed by atoms with Crippen LogP contribution in [-0.2, 0) is 6.42 Å². The summed E-state index contributed by atoms with van der Waals surface area (Å²) in [6.45, 7) is 1.19. The molecule has 0 aliphatic rings. The van der Waals surface area contributed by atoms with E-state index in [1.54, 1.807) is 30.9 Å². The van der Waals surface area contributed by atoms with E-state index in [-0.39, 0.29) is 16.5 Å². The van der Waals surface area contributed by atoms with Gasteiger partial charge in [0.1, 0.15) is 0 Å². The van der Waals surface area contributed by atoms with Crippen LogP contribution in [0.25, 0.3) is 0 Å². The zero-order valence-electron chi connectivity index (χ0n) is 16.6. The highest BCUT2D eigenvalue weighted by Gasteiger charge is 2.18. The number of hydrogen-bond acceptors (Lipinski definition) is 5. The number of aromatic nitrogens is 3. The Bertz CT molecular complexity index is 959. The molecule has 2 aromatic heterocycles. The molecule has 9 nitrogen and oxygen atoms in total. The number of nitro benzene ring substituents is 1. The maximum atomic E-state index is 11.2. The van der Waals surface area contributed by atoms with Gasteiger partial charge < -0.3 is 16.0 Å². The number of nitro groups is 1. The van der Waals surface area contributed by atoms with Gasteiger partial charge in [-0.3, -0.25) is 20.1 Å². The van der Waals surface area contributed by atoms with E-state index < -0.39 is 0 Å². The van der Waals surface area contributed by atoms with Crippen molar-refractivity contribution in [1.29, 1.82) is 0 Å². The Labute approximate surface area is 174 Å². The minimum atomic E-state index is -0.384. The van der Waals surface area contributed by atoms with E-state index >= 15 is 0 Å². The van der Waals surface area contributed by atoms with E-state index in [9.17, 15) is 10.1 Å². The molecule has 156 valence electrons. The number of rotatable bonds is 10. The first-order valence-corrected chi connectivity index (χ1v) is 9.80. The lowest BCUT2D eigenvalue weighted by Gasteiger charge is -2.17. The summed E-state index contributed by atoms with van der Waals surface area (Å²) in [5, 5.41) is 14.3. The number of nitrogens with two attached hydrogens (primary N) is 1. The van der Waals surface area contributed by atoms with Crippen LogP contribution in [-0.4, -0.2) is 38.9 Å². The normalized spacial score (nSPS) is 12.5. The standard InChI is InChI=1S/C21H25N7O2/c22-21(25-11-4-6-17-14-23-15-27-17)26-12-9-19(20-8-1-2-10-24-20)16-5-3-7-18(13-16)28(29)30/h1-3,5,7-8,10,13-15,19H,4,6,9,11-12H2,(H,23,27)(H3,22,25,26). The van der Waals surface area contributed by atoms with Gasteiger partial charge in [-0.25, -0.2) is 4.98 Å². The molecule has 4 N–H and O–H groups in total. The fraction of sp³-hybridized carbons (Fsp3) is 0.286. The van der Waals surface area contributed by atoms with Gasteiger partial charge in [0.05, 0.1) is 11.3 Å². The first kappa shape index (κ1) is 21.0. The van der Waals surface area contributed by atoms with E-state index in [1.807, 2.05) is 24.3 Å². The number of benzene rings is 1. The van der Waals surface area contributed by atoms with Crippen LogP contribution in [0.1, 0.15) is 35.7 Å². The summed E-state index contributed by atoms with van der Waals surface area (Å²) in [7, 11) is 0. The molecule has 0 amide bonds. The summed E-state index contributed by atoms with van der Waals surface area (Å²) < 4.78 is 0. The Kier molecular flexibility index (Phi) is 7.48. The van der Waals surface area contributed by atoms with Crippen molar-refractivity contribution in [3.05, 3.63) is 88.3 Å². The van der Waals surface area contributed by atoms with Crippen molar-refractivity contribution in [1.82, 2.24) is 20.3 Å². The number of non-ortho nitro benzene ring substituents is 1. The van der Waals surface area contributed by atoms with Gasteiger partial charge in [0.2, 0.25) is 0 Å². The molecule has 1 unspecified atom stereocenters. The minimum absolute atomic E-state index is 0.0692. The fourth-order valence-electron chi connectivity index (χ4n) is 3.21.